The van der Waals surface area contributed by atoms with Crippen LogP contribution >= 0.6 is 11.6 Å². The van der Waals surface area contributed by atoms with Crippen LogP contribution in [0.5, 0.6) is 5.75 Å². The van der Waals surface area contributed by atoms with Crippen molar-refractivity contribution in [3.8, 4) is 5.75 Å². The van der Waals surface area contributed by atoms with Crippen LogP contribution in [0.25, 0.3) is 0 Å². The molecule has 0 aliphatic rings. The zero-order valence-electron chi connectivity index (χ0n) is 12.9. The monoisotopic (exact) mass is 318 g/mol. The lowest BCUT2D eigenvalue weighted by Crippen LogP contribution is -2.22. The van der Waals surface area contributed by atoms with E-state index in [-0.39, 0.29) is 12.5 Å². The Kier molecular flexibility index (Phi) is 5.28. The number of aryl methyl sites for hydroxylation is 2. The number of benzene rings is 2. The molecule has 0 saturated heterocycles. The predicted octanol–water partition coefficient (Wildman–Crippen LogP) is 4.02. The number of halogens is 1. The van der Waals surface area contributed by atoms with Gasteiger partial charge in [-0.25, -0.2) is 0 Å². The highest BCUT2D eigenvalue weighted by molar-refractivity contribution is 6.31. The minimum Gasteiger partial charge on any atom is -0.495 e. The van der Waals surface area contributed by atoms with Gasteiger partial charge in [0.2, 0.25) is 5.91 Å². The summed E-state index contributed by atoms with van der Waals surface area (Å²) in [6.07, 6.45) is 0. The molecule has 1 amide bonds. The molecule has 2 rings (SSSR count). The third-order valence-corrected chi connectivity index (χ3v) is 3.66. The van der Waals surface area contributed by atoms with Crippen LogP contribution in [0, 0.1) is 13.8 Å². The van der Waals surface area contributed by atoms with Crippen molar-refractivity contribution in [2.45, 2.75) is 13.8 Å². The molecule has 0 aromatic heterocycles. The van der Waals surface area contributed by atoms with Crippen LogP contribution in [0.4, 0.5) is 11.4 Å². The van der Waals surface area contributed by atoms with Gasteiger partial charge in [0.1, 0.15) is 5.75 Å². The normalized spacial score (nSPS) is 10.2. The number of methoxy groups -OCH3 is 1. The van der Waals surface area contributed by atoms with E-state index in [1.54, 1.807) is 13.2 Å². The maximum Gasteiger partial charge on any atom is 0.243 e. The van der Waals surface area contributed by atoms with Crippen LogP contribution in [0.15, 0.2) is 36.4 Å². The fraction of sp³-hybridized carbons (Fsp3) is 0.235. The Morgan fingerprint density at radius 3 is 2.50 bits per heavy atom. The van der Waals surface area contributed by atoms with Crippen molar-refractivity contribution in [1.29, 1.82) is 0 Å². The number of anilines is 2. The van der Waals surface area contributed by atoms with Crippen LogP contribution in [0.3, 0.4) is 0 Å². The minimum atomic E-state index is -0.126. The number of amides is 1. The Balaban J connectivity index is 1.99. The highest BCUT2D eigenvalue weighted by atomic mass is 35.5. The molecule has 0 saturated carbocycles. The zero-order chi connectivity index (χ0) is 16.1. The first-order valence-electron chi connectivity index (χ1n) is 6.94. The number of nitrogens with one attached hydrogen (secondary N) is 2. The van der Waals surface area contributed by atoms with Crippen LogP contribution in [0.2, 0.25) is 5.02 Å². The lowest BCUT2D eigenvalue weighted by molar-refractivity contribution is -0.114. The van der Waals surface area contributed by atoms with Crippen molar-refractivity contribution in [1.82, 2.24) is 0 Å². The Morgan fingerprint density at radius 1 is 1.18 bits per heavy atom. The van der Waals surface area contributed by atoms with E-state index in [9.17, 15) is 4.79 Å². The number of carbonyl (C=O) groups is 1. The molecule has 116 valence electrons. The molecule has 0 spiro atoms. The van der Waals surface area contributed by atoms with E-state index < -0.39 is 0 Å². The fourth-order valence-corrected chi connectivity index (χ4v) is 2.14. The summed E-state index contributed by atoms with van der Waals surface area (Å²) in [5, 5.41) is 6.53. The molecule has 22 heavy (non-hydrogen) atoms. The van der Waals surface area contributed by atoms with E-state index in [2.05, 4.69) is 10.6 Å². The summed E-state index contributed by atoms with van der Waals surface area (Å²) in [4.78, 5) is 12.0. The summed E-state index contributed by atoms with van der Waals surface area (Å²) in [6, 6.07) is 11.3. The molecule has 2 N–H and O–H groups in total. The third-order valence-electron chi connectivity index (χ3n) is 3.26. The molecule has 0 bridgehead atoms. The van der Waals surface area contributed by atoms with Gasteiger partial charge in [-0.3, -0.25) is 4.79 Å². The van der Waals surface area contributed by atoms with Crippen LogP contribution in [-0.2, 0) is 4.79 Å². The number of rotatable bonds is 5. The smallest absolute Gasteiger partial charge is 0.243 e. The van der Waals surface area contributed by atoms with Gasteiger partial charge in [0.25, 0.3) is 0 Å². The Morgan fingerprint density at radius 2 is 1.86 bits per heavy atom. The van der Waals surface area contributed by atoms with Gasteiger partial charge in [0, 0.05) is 16.8 Å². The van der Waals surface area contributed by atoms with Crippen molar-refractivity contribution in [3.63, 3.8) is 0 Å². The van der Waals surface area contributed by atoms with Gasteiger partial charge < -0.3 is 15.4 Å². The summed E-state index contributed by atoms with van der Waals surface area (Å²) < 4.78 is 5.27. The van der Waals surface area contributed by atoms with Gasteiger partial charge in [-0.1, -0.05) is 29.3 Å². The first-order valence-corrected chi connectivity index (χ1v) is 7.32. The van der Waals surface area contributed by atoms with Gasteiger partial charge in [0.05, 0.1) is 19.3 Å². The molecular formula is C17H19ClN2O2. The van der Waals surface area contributed by atoms with Crippen LogP contribution < -0.4 is 15.4 Å². The fourth-order valence-electron chi connectivity index (χ4n) is 1.99. The first kappa shape index (κ1) is 16.2. The molecule has 0 atom stereocenters. The summed E-state index contributed by atoms with van der Waals surface area (Å²) >= 11 is 6.06. The van der Waals surface area contributed by atoms with Crippen molar-refractivity contribution in [2.75, 3.05) is 24.3 Å². The topological polar surface area (TPSA) is 50.4 Å². The Hall–Kier alpha value is -2.20. The molecule has 0 radical (unpaired) electrons. The predicted molar refractivity (Wildman–Crippen MR) is 91.0 cm³/mol. The van der Waals surface area contributed by atoms with E-state index in [1.165, 1.54) is 0 Å². The molecule has 2 aromatic rings. The van der Waals surface area contributed by atoms with Gasteiger partial charge in [-0.05, 0) is 37.6 Å². The maximum absolute atomic E-state index is 12.0. The van der Waals surface area contributed by atoms with Gasteiger partial charge in [0.15, 0.2) is 0 Å². The first-order chi connectivity index (χ1) is 10.5. The average molecular weight is 319 g/mol. The van der Waals surface area contributed by atoms with Crippen molar-refractivity contribution in [3.05, 3.63) is 52.5 Å². The van der Waals surface area contributed by atoms with E-state index >= 15 is 0 Å². The Bertz CT molecular complexity index is 669. The minimum absolute atomic E-state index is 0.126. The summed E-state index contributed by atoms with van der Waals surface area (Å²) in [5.74, 6) is 0.484. The molecule has 0 aliphatic heterocycles. The lowest BCUT2D eigenvalue weighted by atomic mass is 10.2. The van der Waals surface area contributed by atoms with Crippen LogP contribution in [0.1, 0.15) is 11.1 Å². The Labute approximate surface area is 135 Å². The van der Waals surface area contributed by atoms with Crippen molar-refractivity contribution in [2.24, 2.45) is 0 Å². The van der Waals surface area contributed by atoms with Gasteiger partial charge in [-0.2, -0.15) is 0 Å². The van der Waals surface area contributed by atoms with E-state index in [0.29, 0.717) is 10.8 Å². The highest BCUT2D eigenvalue weighted by Gasteiger charge is 2.09. The molecular weight excluding hydrogens is 300 g/mol. The molecule has 2 aromatic carbocycles. The molecule has 0 heterocycles. The summed E-state index contributed by atoms with van der Waals surface area (Å²) in [6.45, 7) is 4.05. The van der Waals surface area contributed by atoms with E-state index in [1.807, 2.05) is 44.2 Å². The van der Waals surface area contributed by atoms with Crippen molar-refractivity contribution < 1.29 is 9.53 Å². The quantitative estimate of drug-likeness (QED) is 0.875. The van der Waals surface area contributed by atoms with E-state index in [4.69, 9.17) is 16.3 Å². The third kappa shape index (κ3) is 4.15. The maximum atomic E-state index is 12.0. The number of hydrogen-bond acceptors (Lipinski definition) is 3. The largest absolute Gasteiger partial charge is 0.495 e. The SMILES string of the molecule is COc1cc(Cl)c(C)cc1NCC(=O)Nc1ccc(C)cc1. The van der Waals surface area contributed by atoms with E-state index in [0.717, 1.165) is 22.5 Å². The zero-order valence-corrected chi connectivity index (χ0v) is 13.6. The van der Waals surface area contributed by atoms with Crippen molar-refractivity contribution >= 4 is 28.9 Å². The molecule has 5 heteroatoms. The van der Waals surface area contributed by atoms with Gasteiger partial charge >= 0.3 is 0 Å². The molecule has 0 aliphatic carbocycles. The van der Waals surface area contributed by atoms with Crippen LogP contribution in [-0.4, -0.2) is 19.6 Å². The summed E-state index contributed by atoms with van der Waals surface area (Å²) in [7, 11) is 1.57. The number of hydrogen-bond donors (Lipinski definition) is 2. The molecule has 0 unspecified atom stereocenters. The molecule has 4 nitrogen and oxygen atoms in total. The second kappa shape index (κ2) is 7.18. The number of ether oxygens (including phenoxy) is 1. The summed E-state index contributed by atoms with van der Waals surface area (Å²) in [5.41, 5.74) is 3.58. The highest BCUT2D eigenvalue weighted by Crippen LogP contribution is 2.30. The lowest BCUT2D eigenvalue weighted by Gasteiger charge is -2.13. The van der Waals surface area contributed by atoms with Gasteiger partial charge in [-0.15, -0.1) is 0 Å². The second-order valence-electron chi connectivity index (χ2n) is 5.07. The number of carbonyl (C=O) groups excluding carboxylic acids is 1. The second-order valence-corrected chi connectivity index (χ2v) is 5.48. The molecule has 0 fully saturated rings. The standard InChI is InChI=1S/C17H19ClN2O2/c1-11-4-6-13(7-5-11)20-17(21)10-19-15-8-12(2)14(18)9-16(15)22-3/h4-9,19H,10H2,1-3H3,(H,20,21). The average Bonchev–Trinajstić information content (AvgIpc) is 2.50.